The van der Waals surface area contributed by atoms with Crippen molar-refractivity contribution < 1.29 is 0 Å². The Morgan fingerprint density at radius 2 is 1.63 bits per heavy atom. The van der Waals surface area contributed by atoms with Gasteiger partial charge >= 0.3 is 0 Å². The molecule has 104 valence electrons. The van der Waals surface area contributed by atoms with Crippen molar-refractivity contribution >= 4 is 5.69 Å². The van der Waals surface area contributed by atoms with Gasteiger partial charge in [0.1, 0.15) is 0 Å². The zero-order valence-electron chi connectivity index (χ0n) is 12.3. The van der Waals surface area contributed by atoms with E-state index in [0.29, 0.717) is 0 Å². The van der Waals surface area contributed by atoms with Gasteiger partial charge in [-0.3, -0.25) is 0 Å². The van der Waals surface area contributed by atoms with Crippen LogP contribution in [0, 0.1) is 18.8 Å². The fourth-order valence-corrected chi connectivity index (χ4v) is 3.88. The average Bonchev–Trinajstić information content (AvgIpc) is 2.37. The largest absolute Gasteiger partial charge is 0.371 e. The monoisotopic (exact) mass is 259 g/mol. The standard InChI is InChI=1S/C16H25N3/c1-12-4-6-15(7-5-12)19-10-13-8-17-9-14(11-19)16(13)18(2)3/h4-7,13-14,16-17H,8-11H2,1-3H3. The molecule has 19 heavy (non-hydrogen) atoms. The topological polar surface area (TPSA) is 18.5 Å². The summed E-state index contributed by atoms with van der Waals surface area (Å²) in [6, 6.07) is 9.73. The minimum absolute atomic E-state index is 0.739. The Morgan fingerprint density at radius 3 is 2.16 bits per heavy atom. The highest BCUT2D eigenvalue weighted by atomic mass is 15.2. The van der Waals surface area contributed by atoms with Gasteiger partial charge in [0, 0.05) is 49.7 Å². The summed E-state index contributed by atoms with van der Waals surface area (Å²) in [5, 5.41) is 3.60. The third kappa shape index (κ3) is 2.49. The van der Waals surface area contributed by atoms with Crippen molar-refractivity contribution in [2.75, 3.05) is 45.2 Å². The zero-order valence-corrected chi connectivity index (χ0v) is 12.3. The number of anilines is 1. The molecule has 3 heteroatoms. The van der Waals surface area contributed by atoms with Gasteiger partial charge in [-0.25, -0.2) is 0 Å². The van der Waals surface area contributed by atoms with Crippen molar-refractivity contribution in [1.82, 2.24) is 10.2 Å². The second kappa shape index (κ2) is 5.14. The Kier molecular flexibility index (Phi) is 3.50. The summed E-state index contributed by atoms with van der Waals surface area (Å²) in [4.78, 5) is 5.01. The van der Waals surface area contributed by atoms with Gasteiger partial charge in [0.25, 0.3) is 0 Å². The maximum atomic E-state index is 3.60. The van der Waals surface area contributed by atoms with Crippen LogP contribution in [-0.4, -0.2) is 51.2 Å². The lowest BCUT2D eigenvalue weighted by Gasteiger charge is -2.50. The van der Waals surface area contributed by atoms with Crippen LogP contribution in [0.25, 0.3) is 0 Å². The number of rotatable bonds is 2. The Morgan fingerprint density at radius 1 is 1.05 bits per heavy atom. The maximum Gasteiger partial charge on any atom is 0.0366 e. The van der Waals surface area contributed by atoms with Gasteiger partial charge in [0.2, 0.25) is 0 Å². The highest BCUT2D eigenvalue weighted by Gasteiger charge is 2.40. The van der Waals surface area contributed by atoms with E-state index >= 15 is 0 Å². The molecule has 2 fully saturated rings. The molecule has 0 aromatic heterocycles. The van der Waals surface area contributed by atoms with E-state index in [9.17, 15) is 0 Å². The van der Waals surface area contributed by atoms with Crippen molar-refractivity contribution in [3.05, 3.63) is 29.8 Å². The number of nitrogens with one attached hydrogen (secondary N) is 1. The quantitative estimate of drug-likeness (QED) is 0.870. The summed E-state index contributed by atoms with van der Waals surface area (Å²) in [7, 11) is 4.47. The molecule has 2 aliphatic rings. The van der Waals surface area contributed by atoms with Crippen LogP contribution in [0.2, 0.25) is 0 Å². The lowest BCUT2D eigenvalue weighted by Crippen LogP contribution is -2.63. The first kappa shape index (κ1) is 12.9. The summed E-state index contributed by atoms with van der Waals surface area (Å²) < 4.78 is 0. The molecule has 0 aliphatic carbocycles. The molecular formula is C16H25N3. The van der Waals surface area contributed by atoms with E-state index in [1.165, 1.54) is 24.3 Å². The molecule has 2 heterocycles. The number of fused-ring (bicyclic) bond motifs is 2. The molecule has 1 aromatic carbocycles. The summed E-state index contributed by atoms with van der Waals surface area (Å²) in [6.07, 6.45) is 0. The minimum Gasteiger partial charge on any atom is -0.371 e. The Bertz CT molecular complexity index is 412. The fourth-order valence-electron chi connectivity index (χ4n) is 3.88. The van der Waals surface area contributed by atoms with E-state index in [4.69, 9.17) is 0 Å². The predicted molar refractivity (Wildman–Crippen MR) is 80.7 cm³/mol. The van der Waals surface area contributed by atoms with Gasteiger partial charge in [0.05, 0.1) is 0 Å². The average molecular weight is 259 g/mol. The summed E-state index contributed by atoms with van der Waals surface area (Å²) >= 11 is 0. The van der Waals surface area contributed by atoms with Gasteiger partial charge in [-0.2, -0.15) is 0 Å². The molecule has 0 amide bonds. The van der Waals surface area contributed by atoms with Crippen LogP contribution in [0.5, 0.6) is 0 Å². The van der Waals surface area contributed by atoms with E-state index in [1.54, 1.807) is 0 Å². The van der Waals surface area contributed by atoms with Gasteiger partial charge in [-0.1, -0.05) is 17.7 Å². The van der Waals surface area contributed by atoms with Crippen LogP contribution in [0.3, 0.4) is 0 Å². The third-order valence-electron chi connectivity index (χ3n) is 4.68. The van der Waals surface area contributed by atoms with E-state index in [1.807, 2.05) is 0 Å². The van der Waals surface area contributed by atoms with Crippen LogP contribution < -0.4 is 10.2 Å². The molecule has 1 aromatic rings. The van der Waals surface area contributed by atoms with Gasteiger partial charge in [-0.15, -0.1) is 0 Å². The molecule has 2 aliphatic heterocycles. The van der Waals surface area contributed by atoms with Crippen LogP contribution >= 0.6 is 0 Å². The van der Waals surface area contributed by atoms with Crippen LogP contribution in [0.4, 0.5) is 5.69 Å². The highest BCUT2D eigenvalue weighted by Crippen LogP contribution is 2.31. The molecule has 2 saturated heterocycles. The molecule has 2 unspecified atom stereocenters. The molecule has 3 rings (SSSR count). The molecule has 0 radical (unpaired) electrons. The predicted octanol–water partition coefficient (Wildman–Crippen LogP) is 1.58. The highest BCUT2D eigenvalue weighted by molar-refractivity contribution is 5.48. The number of aryl methyl sites for hydroxylation is 1. The number of benzene rings is 1. The lowest BCUT2D eigenvalue weighted by molar-refractivity contribution is 0.0896. The van der Waals surface area contributed by atoms with Gasteiger partial charge in [-0.05, 0) is 33.2 Å². The van der Waals surface area contributed by atoms with Crippen LogP contribution in [-0.2, 0) is 0 Å². The lowest BCUT2D eigenvalue weighted by atomic mass is 9.79. The number of piperidine rings is 2. The first-order valence-corrected chi connectivity index (χ1v) is 7.34. The molecule has 3 nitrogen and oxygen atoms in total. The van der Waals surface area contributed by atoms with Gasteiger partial charge < -0.3 is 15.1 Å². The van der Waals surface area contributed by atoms with E-state index in [0.717, 1.165) is 31.0 Å². The zero-order chi connectivity index (χ0) is 13.4. The summed E-state index contributed by atoms with van der Waals surface area (Å²) in [5.41, 5.74) is 2.73. The maximum absolute atomic E-state index is 3.60. The Hall–Kier alpha value is -1.06. The smallest absolute Gasteiger partial charge is 0.0366 e. The van der Waals surface area contributed by atoms with Crippen molar-refractivity contribution in [2.45, 2.75) is 13.0 Å². The van der Waals surface area contributed by atoms with Crippen molar-refractivity contribution in [3.8, 4) is 0 Å². The summed E-state index contributed by atoms with van der Waals surface area (Å²) in [5.74, 6) is 1.48. The van der Waals surface area contributed by atoms with E-state index in [2.05, 4.69) is 60.4 Å². The number of hydrogen-bond acceptors (Lipinski definition) is 3. The Labute approximate surface area is 116 Å². The van der Waals surface area contributed by atoms with E-state index in [-0.39, 0.29) is 0 Å². The summed E-state index contributed by atoms with van der Waals surface area (Å²) in [6.45, 7) is 6.81. The number of nitrogens with zero attached hydrogens (tertiary/aromatic N) is 2. The third-order valence-corrected chi connectivity index (χ3v) is 4.68. The molecule has 1 N–H and O–H groups in total. The molecule has 2 atom stereocenters. The normalized spacial score (nSPS) is 30.7. The van der Waals surface area contributed by atoms with Crippen LogP contribution in [0.15, 0.2) is 24.3 Å². The minimum atomic E-state index is 0.739. The van der Waals surface area contributed by atoms with Crippen molar-refractivity contribution in [3.63, 3.8) is 0 Å². The molecular weight excluding hydrogens is 234 g/mol. The van der Waals surface area contributed by atoms with E-state index < -0.39 is 0 Å². The fraction of sp³-hybridized carbons (Fsp3) is 0.625. The Balaban J connectivity index is 1.79. The van der Waals surface area contributed by atoms with Crippen LogP contribution in [0.1, 0.15) is 5.56 Å². The number of hydrogen-bond donors (Lipinski definition) is 1. The molecule has 0 saturated carbocycles. The van der Waals surface area contributed by atoms with Gasteiger partial charge in [0.15, 0.2) is 0 Å². The van der Waals surface area contributed by atoms with Crippen molar-refractivity contribution in [2.24, 2.45) is 11.8 Å². The molecule has 0 spiro atoms. The first-order chi connectivity index (χ1) is 9.15. The SMILES string of the molecule is Cc1ccc(N2CC3CNCC(C2)C3N(C)C)cc1. The van der Waals surface area contributed by atoms with Crippen molar-refractivity contribution in [1.29, 1.82) is 0 Å². The molecule has 2 bridgehead atoms. The first-order valence-electron chi connectivity index (χ1n) is 7.34. The second-order valence-electron chi connectivity index (χ2n) is 6.37. The second-order valence-corrected chi connectivity index (χ2v) is 6.37.